The summed E-state index contributed by atoms with van der Waals surface area (Å²) in [5.41, 5.74) is 3.09. The lowest BCUT2D eigenvalue weighted by Crippen LogP contribution is -2.19. The fourth-order valence-corrected chi connectivity index (χ4v) is 3.11. The standard InChI is InChI=1S/C17H14BrClN2/c1-20-16(11-6-8-13(19)9-7-11)17-14(18)10-12-4-2-3-5-15(12)21-17/h2-10,16,20H,1H3. The molecule has 0 aliphatic rings. The molecule has 0 bridgehead atoms. The van der Waals surface area contributed by atoms with Crippen LogP contribution < -0.4 is 5.32 Å². The molecule has 4 heteroatoms. The molecule has 1 heterocycles. The highest BCUT2D eigenvalue weighted by atomic mass is 79.9. The molecule has 1 atom stereocenters. The van der Waals surface area contributed by atoms with Crippen molar-refractivity contribution in [1.82, 2.24) is 10.3 Å². The summed E-state index contributed by atoms with van der Waals surface area (Å²) < 4.78 is 0.996. The number of fused-ring (bicyclic) bond motifs is 1. The molecule has 3 rings (SSSR count). The molecule has 0 amide bonds. The second-order valence-electron chi connectivity index (χ2n) is 4.82. The fourth-order valence-electron chi connectivity index (χ4n) is 2.42. The van der Waals surface area contributed by atoms with Crippen molar-refractivity contribution in [2.75, 3.05) is 7.05 Å². The number of aromatic nitrogens is 1. The summed E-state index contributed by atoms with van der Waals surface area (Å²) in [6.45, 7) is 0. The third kappa shape index (κ3) is 2.95. The van der Waals surface area contributed by atoms with Gasteiger partial charge < -0.3 is 5.32 Å². The molecule has 0 radical (unpaired) electrons. The van der Waals surface area contributed by atoms with Crippen LogP contribution in [0.4, 0.5) is 0 Å². The maximum atomic E-state index is 5.97. The maximum absolute atomic E-state index is 5.97. The van der Waals surface area contributed by atoms with Gasteiger partial charge in [-0.1, -0.05) is 41.9 Å². The van der Waals surface area contributed by atoms with Crippen LogP contribution in [0.5, 0.6) is 0 Å². The number of hydrogen-bond donors (Lipinski definition) is 1. The Labute approximate surface area is 137 Å². The molecule has 3 aromatic rings. The van der Waals surface area contributed by atoms with Crippen LogP contribution in [-0.4, -0.2) is 12.0 Å². The predicted molar refractivity (Wildman–Crippen MR) is 91.8 cm³/mol. The average molecular weight is 362 g/mol. The van der Waals surface area contributed by atoms with Crippen LogP contribution >= 0.6 is 27.5 Å². The first-order valence-electron chi connectivity index (χ1n) is 6.67. The zero-order chi connectivity index (χ0) is 14.8. The molecule has 0 spiro atoms. The van der Waals surface area contributed by atoms with Crippen LogP contribution in [0, 0.1) is 0 Å². The number of benzene rings is 2. The first kappa shape index (κ1) is 14.5. The van der Waals surface area contributed by atoms with Gasteiger partial charge >= 0.3 is 0 Å². The molecule has 0 aliphatic heterocycles. The maximum Gasteiger partial charge on any atom is 0.0767 e. The minimum Gasteiger partial charge on any atom is -0.308 e. The Hall–Kier alpha value is -1.42. The van der Waals surface area contributed by atoms with Crippen molar-refractivity contribution in [2.45, 2.75) is 6.04 Å². The van der Waals surface area contributed by atoms with Gasteiger partial charge in [0.1, 0.15) is 0 Å². The third-order valence-corrected chi connectivity index (χ3v) is 4.36. The summed E-state index contributed by atoms with van der Waals surface area (Å²) in [4.78, 5) is 4.80. The normalized spacial score (nSPS) is 12.5. The summed E-state index contributed by atoms with van der Waals surface area (Å²) in [7, 11) is 1.93. The molecule has 0 saturated heterocycles. The van der Waals surface area contributed by atoms with Gasteiger partial charge in [-0.15, -0.1) is 0 Å². The topological polar surface area (TPSA) is 24.9 Å². The number of nitrogens with zero attached hydrogens (tertiary/aromatic N) is 1. The van der Waals surface area contributed by atoms with Crippen molar-refractivity contribution in [3.63, 3.8) is 0 Å². The van der Waals surface area contributed by atoms with E-state index in [0.29, 0.717) is 0 Å². The number of hydrogen-bond acceptors (Lipinski definition) is 2. The monoisotopic (exact) mass is 360 g/mol. The summed E-state index contributed by atoms with van der Waals surface area (Å²) in [6.07, 6.45) is 0. The van der Waals surface area contributed by atoms with Crippen molar-refractivity contribution in [3.8, 4) is 0 Å². The van der Waals surface area contributed by atoms with E-state index >= 15 is 0 Å². The Bertz CT molecular complexity index is 771. The van der Waals surface area contributed by atoms with Crippen LogP contribution in [0.15, 0.2) is 59.1 Å². The lowest BCUT2D eigenvalue weighted by atomic mass is 10.0. The molecular formula is C17H14BrClN2. The zero-order valence-electron chi connectivity index (χ0n) is 11.5. The van der Waals surface area contributed by atoms with Crippen molar-refractivity contribution in [2.24, 2.45) is 0 Å². The molecule has 1 unspecified atom stereocenters. The molecule has 0 aliphatic carbocycles. The third-order valence-electron chi connectivity index (χ3n) is 3.47. The number of halogens is 2. The Morgan fingerprint density at radius 3 is 2.52 bits per heavy atom. The molecule has 1 aromatic heterocycles. The van der Waals surface area contributed by atoms with Crippen LogP contribution in [0.25, 0.3) is 10.9 Å². The van der Waals surface area contributed by atoms with Crippen molar-refractivity contribution >= 4 is 38.4 Å². The highest BCUT2D eigenvalue weighted by Crippen LogP contribution is 2.30. The smallest absolute Gasteiger partial charge is 0.0767 e. The van der Waals surface area contributed by atoms with E-state index in [1.54, 1.807) is 0 Å². The van der Waals surface area contributed by atoms with Gasteiger partial charge in [0.15, 0.2) is 0 Å². The Balaban J connectivity index is 2.12. The zero-order valence-corrected chi connectivity index (χ0v) is 13.8. The lowest BCUT2D eigenvalue weighted by Gasteiger charge is -2.18. The Morgan fingerprint density at radius 1 is 1.10 bits per heavy atom. The minimum atomic E-state index is 0.0150. The van der Waals surface area contributed by atoms with E-state index in [1.807, 2.05) is 49.5 Å². The van der Waals surface area contributed by atoms with Gasteiger partial charge in [-0.05, 0) is 52.8 Å². The summed E-state index contributed by atoms with van der Waals surface area (Å²) in [5, 5.41) is 5.18. The van der Waals surface area contributed by atoms with E-state index in [2.05, 4.69) is 33.4 Å². The fraction of sp³-hybridized carbons (Fsp3) is 0.118. The van der Waals surface area contributed by atoms with E-state index in [9.17, 15) is 0 Å². The first-order chi connectivity index (χ1) is 10.2. The Kier molecular flexibility index (Phi) is 4.24. The second-order valence-corrected chi connectivity index (χ2v) is 6.11. The van der Waals surface area contributed by atoms with E-state index in [4.69, 9.17) is 16.6 Å². The first-order valence-corrected chi connectivity index (χ1v) is 7.84. The number of nitrogens with one attached hydrogen (secondary N) is 1. The van der Waals surface area contributed by atoms with Crippen LogP contribution in [0.1, 0.15) is 17.3 Å². The Morgan fingerprint density at radius 2 is 1.81 bits per heavy atom. The highest BCUT2D eigenvalue weighted by molar-refractivity contribution is 9.10. The molecule has 2 aromatic carbocycles. The minimum absolute atomic E-state index is 0.0150. The second kappa shape index (κ2) is 6.14. The highest BCUT2D eigenvalue weighted by Gasteiger charge is 2.17. The van der Waals surface area contributed by atoms with Gasteiger partial charge in [-0.3, -0.25) is 0 Å². The van der Waals surface area contributed by atoms with Gasteiger partial charge in [-0.2, -0.15) is 0 Å². The quantitative estimate of drug-likeness (QED) is 0.713. The van der Waals surface area contributed by atoms with E-state index in [0.717, 1.165) is 31.7 Å². The van der Waals surface area contributed by atoms with Gasteiger partial charge in [0.05, 0.1) is 17.3 Å². The van der Waals surface area contributed by atoms with E-state index in [1.165, 1.54) is 0 Å². The van der Waals surface area contributed by atoms with Gasteiger partial charge in [0.25, 0.3) is 0 Å². The average Bonchev–Trinajstić information content (AvgIpc) is 2.50. The lowest BCUT2D eigenvalue weighted by molar-refractivity contribution is 0.670. The van der Waals surface area contributed by atoms with Crippen LogP contribution in [0.3, 0.4) is 0 Å². The van der Waals surface area contributed by atoms with Crippen molar-refractivity contribution < 1.29 is 0 Å². The summed E-state index contributed by atoms with van der Waals surface area (Å²) in [5.74, 6) is 0. The van der Waals surface area contributed by atoms with E-state index < -0.39 is 0 Å². The van der Waals surface area contributed by atoms with Gasteiger partial charge in [0.2, 0.25) is 0 Å². The summed E-state index contributed by atoms with van der Waals surface area (Å²) in [6, 6.07) is 18.1. The summed E-state index contributed by atoms with van der Waals surface area (Å²) >= 11 is 9.61. The SMILES string of the molecule is CNC(c1ccc(Cl)cc1)c1nc2ccccc2cc1Br. The predicted octanol–water partition coefficient (Wildman–Crippen LogP) is 4.96. The van der Waals surface area contributed by atoms with Crippen molar-refractivity contribution in [1.29, 1.82) is 0 Å². The molecule has 106 valence electrons. The van der Waals surface area contributed by atoms with E-state index in [-0.39, 0.29) is 6.04 Å². The van der Waals surface area contributed by atoms with Crippen LogP contribution in [0.2, 0.25) is 5.02 Å². The molecule has 1 N–H and O–H groups in total. The number of pyridine rings is 1. The molecule has 0 fully saturated rings. The van der Waals surface area contributed by atoms with Crippen molar-refractivity contribution in [3.05, 3.63) is 75.4 Å². The molecule has 2 nitrogen and oxygen atoms in total. The molecule has 21 heavy (non-hydrogen) atoms. The van der Waals surface area contributed by atoms with Gasteiger partial charge in [0, 0.05) is 14.9 Å². The van der Waals surface area contributed by atoms with Crippen LogP contribution in [-0.2, 0) is 0 Å². The number of para-hydroxylation sites is 1. The molecular weight excluding hydrogens is 348 g/mol. The van der Waals surface area contributed by atoms with Gasteiger partial charge in [-0.25, -0.2) is 4.98 Å². The molecule has 0 saturated carbocycles. The number of rotatable bonds is 3. The largest absolute Gasteiger partial charge is 0.308 e.